The van der Waals surface area contributed by atoms with Crippen LogP contribution in [0.1, 0.15) is 17.5 Å². The Bertz CT molecular complexity index is 763. The fraction of sp³-hybridized carbons (Fsp3) is 0.350. The Kier molecular flexibility index (Phi) is 5.34. The van der Waals surface area contributed by atoms with Crippen molar-refractivity contribution in [3.63, 3.8) is 0 Å². The molecule has 1 aliphatic heterocycles. The Morgan fingerprint density at radius 2 is 2.08 bits per heavy atom. The first-order valence-corrected chi connectivity index (χ1v) is 8.47. The van der Waals surface area contributed by atoms with Gasteiger partial charge in [-0.3, -0.25) is 9.69 Å². The van der Waals surface area contributed by atoms with Crippen LogP contribution in [0.2, 0.25) is 0 Å². The molecule has 0 atom stereocenters. The summed E-state index contributed by atoms with van der Waals surface area (Å²) in [7, 11) is 3.48. The number of ether oxygens (including phenoxy) is 1. The molecule has 25 heavy (non-hydrogen) atoms. The van der Waals surface area contributed by atoms with Crippen molar-refractivity contribution < 1.29 is 13.9 Å². The van der Waals surface area contributed by atoms with Gasteiger partial charge in [0.2, 0.25) is 5.91 Å². The second kappa shape index (κ2) is 7.66. The molecule has 2 aromatic rings. The Morgan fingerprint density at radius 3 is 2.84 bits per heavy atom. The third-order valence-electron chi connectivity index (χ3n) is 4.51. The zero-order valence-electron chi connectivity index (χ0n) is 14.7. The van der Waals surface area contributed by atoms with Crippen molar-refractivity contribution in [1.82, 2.24) is 4.90 Å². The number of anilines is 1. The third-order valence-corrected chi connectivity index (χ3v) is 4.51. The molecular weight excluding hydrogens is 319 g/mol. The van der Waals surface area contributed by atoms with E-state index in [0.29, 0.717) is 18.7 Å². The first kappa shape index (κ1) is 17.4. The maximum absolute atomic E-state index is 13.8. The van der Waals surface area contributed by atoms with Crippen molar-refractivity contribution in [2.75, 3.05) is 32.1 Å². The van der Waals surface area contributed by atoms with Gasteiger partial charge in [-0.2, -0.15) is 0 Å². The molecule has 1 amide bonds. The normalized spacial score (nSPS) is 13.7. The van der Waals surface area contributed by atoms with Gasteiger partial charge in [0, 0.05) is 24.3 Å². The van der Waals surface area contributed by atoms with Crippen molar-refractivity contribution in [2.45, 2.75) is 19.4 Å². The highest BCUT2D eigenvalue weighted by atomic mass is 19.1. The van der Waals surface area contributed by atoms with Gasteiger partial charge in [0.1, 0.15) is 11.6 Å². The van der Waals surface area contributed by atoms with E-state index in [1.54, 1.807) is 19.2 Å². The van der Waals surface area contributed by atoms with Gasteiger partial charge in [0.05, 0.1) is 13.7 Å². The second-order valence-electron chi connectivity index (χ2n) is 6.41. The number of nitrogens with zero attached hydrogens (tertiary/aromatic N) is 2. The molecule has 0 bridgehead atoms. The Hall–Kier alpha value is -2.40. The Balaban J connectivity index is 1.69. The minimum absolute atomic E-state index is 0.0324. The highest BCUT2D eigenvalue weighted by Gasteiger charge is 2.23. The molecule has 5 heteroatoms. The SMILES string of the molecule is COc1ccc2c(c1)CCCN2C(=O)CN(C)Cc1ccccc1F. The molecule has 0 saturated heterocycles. The Labute approximate surface area is 147 Å². The topological polar surface area (TPSA) is 32.8 Å². The lowest BCUT2D eigenvalue weighted by Crippen LogP contribution is -2.41. The van der Waals surface area contributed by atoms with Gasteiger partial charge in [0.15, 0.2) is 0 Å². The van der Waals surface area contributed by atoms with E-state index in [-0.39, 0.29) is 18.3 Å². The van der Waals surface area contributed by atoms with E-state index >= 15 is 0 Å². The zero-order valence-corrected chi connectivity index (χ0v) is 14.7. The molecule has 4 nitrogen and oxygen atoms in total. The number of fused-ring (bicyclic) bond motifs is 1. The van der Waals surface area contributed by atoms with Crippen molar-refractivity contribution >= 4 is 11.6 Å². The predicted molar refractivity (Wildman–Crippen MR) is 96.4 cm³/mol. The van der Waals surface area contributed by atoms with Crippen molar-refractivity contribution in [3.05, 3.63) is 59.4 Å². The molecule has 0 spiro atoms. The zero-order chi connectivity index (χ0) is 17.8. The number of likely N-dealkylation sites (N-methyl/N-ethyl adjacent to an activating group) is 1. The summed E-state index contributed by atoms with van der Waals surface area (Å²) >= 11 is 0. The molecular formula is C20H23FN2O2. The van der Waals surface area contributed by atoms with Crippen LogP contribution in [-0.4, -0.2) is 38.1 Å². The average Bonchev–Trinajstić information content (AvgIpc) is 2.62. The summed E-state index contributed by atoms with van der Waals surface area (Å²) < 4.78 is 19.0. The molecule has 132 valence electrons. The summed E-state index contributed by atoms with van der Waals surface area (Å²) in [5, 5.41) is 0. The summed E-state index contributed by atoms with van der Waals surface area (Å²) in [4.78, 5) is 16.4. The number of halogens is 1. The lowest BCUT2D eigenvalue weighted by atomic mass is 10.0. The van der Waals surface area contributed by atoms with E-state index in [1.807, 2.05) is 41.1 Å². The molecule has 0 aromatic heterocycles. The van der Waals surface area contributed by atoms with Crippen LogP contribution in [0.3, 0.4) is 0 Å². The van der Waals surface area contributed by atoms with Gasteiger partial charge >= 0.3 is 0 Å². The summed E-state index contributed by atoms with van der Waals surface area (Å²) in [5.74, 6) is 0.604. The second-order valence-corrected chi connectivity index (χ2v) is 6.41. The highest BCUT2D eigenvalue weighted by molar-refractivity contribution is 5.96. The summed E-state index contributed by atoms with van der Waals surface area (Å²) in [6.45, 7) is 1.37. The Morgan fingerprint density at radius 1 is 1.28 bits per heavy atom. The van der Waals surface area contributed by atoms with Gasteiger partial charge < -0.3 is 9.64 Å². The molecule has 2 aromatic carbocycles. The molecule has 0 aliphatic carbocycles. The number of carbonyl (C=O) groups excluding carboxylic acids is 1. The number of benzene rings is 2. The van der Waals surface area contributed by atoms with Crippen LogP contribution in [0.5, 0.6) is 5.75 Å². The number of hydrogen-bond acceptors (Lipinski definition) is 3. The molecule has 1 aliphatic rings. The number of methoxy groups -OCH3 is 1. The van der Waals surface area contributed by atoms with Crippen molar-refractivity contribution in [2.24, 2.45) is 0 Å². The predicted octanol–water partition coefficient (Wildman–Crippen LogP) is 3.25. The highest BCUT2D eigenvalue weighted by Crippen LogP contribution is 2.30. The minimum Gasteiger partial charge on any atom is -0.497 e. The van der Waals surface area contributed by atoms with Crippen LogP contribution in [0, 0.1) is 5.82 Å². The summed E-state index contributed by atoms with van der Waals surface area (Å²) in [5.41, 5.74) is 2.69. The molecule has 0 saturated carbocycles. The third kappa shape index (κ3) is 3.99. The van der Waals surface area contributed by atoms with Crippen LogP contribution in [0.25, 0.3) is 0 Å². The van der Waals surface area contributed by atoms with Gasteiger partial charge in [-0.25, -0.2) is 4.39 Å². The van der Waals surface area contributed by atoms with E-state index in [4.69, 9.17) is 4.74 Å². The quantitative estimate of drug-likeness (QED) is 0.836. The van der Waals surface area contributed by atoms with E-state index in [1.165, 1.54) is 6.07 Å². The van der Waals surface area contributed by atoms with E-state index in [0.717, 1.165) is 29.8 Å². The van der Waals surface area contributed by atoms with E-state index in [9.17, 15) is 9.18 Å². The molecule has 3 rings (SSSR count). The van der Waals surface area contributed by atoms with E-state index in [2.05, 4.69) is 0 Å². The minimum atomic E-state index is -0.239. The maximum Gasteiger partial charge on any atom is 0.241 e. The first-order chi connectivity index (χ1) is 12.1. The molecule has 0 unspecified atom stereocenters. The fourth-order valence-corrected chi connectivity index (χ4v) is 3.25. The lowest BCUT2D eigenvalue weighted by Gasteiger charge is -2.31. The fourth-order valence-electron chi connectivity index (χ4n) is 3.25. The number of aryl methyl sites for hydroxylation is 1. The van der Waals surface area contributed by atoms with Crippen LogP contribution < -0.4 is 9.64 Å². The van der Waals surface area contributed by atoms with Crippen molar-refractivity contribution in [3.8, 4) is 5.75 Å². The monoisotopic (exact) mass is 342 g/mol. The maximum atomic E-state index is 13.8. The van der Waals surface area contributed by atoms with Crippen molar-refractivity contribution in [1.29, 1.82) is 0 Å². The number of hydrogen-bond donors (Lipinski definition) is 0. The molecule has 0 N–H and O–H groups in total. The van der Waals surface area contributed by atoms with Gasteiger partial charge in [-0.05, 0) is 49.7 Å². The molecule has 0 fully saturated rings. The summed E-state index contributed by atoms with van der Waals surface area (Å²) in [6.07, 6.45) is 1.88. The number of carbonyl (C=O) groups is 1. The van der Waals surface area contributed by atoms with Gasteiger partial charge in [-0.1, -0.05) is 18.2 Å². The van der Waals surface area contributed by atoms with E-state index < -0.39 is 0 Å². The van der Waals surface area contributed by atoms with Gasteiger partial charge in [0.25, 0.3) is 0 Å². The number of amides is 1. The van der Waals surface area contributed by atoms with Crippen LogP contribution >= 0.6 is 0 Å². The first-order valence-electron chi connectivity index (χ1n) is 8.47. The molecule has 1 heterocycles. The number of rotatable bonds is 5. The van der Waals surface area contributed by atoms with Crippen LogP contribution in [-0.2, 0) is 17.8 Å². The molecule has 0 radical (unpaired) electrons. The average molecular weight is 342 g/mol. The van der Waals surface area contributed by atoms with Gasteiger partial charge in [-0.15, -0.1) is 0 Å². The summed E-state index contributed by atoms with van der Waals surface area (Å²) in [6, 6.07) is 12.5. The lowest BCUT2D eigenvalue weighted by molar-refractivity contribution is -0.119. The standard InChI is InChI=1S/C20H23FN2O2/c1-22(13-16-6-3-4-8-18(16)21)14-20(24)23-11-5-7-15-12-17(25-2)9-10-19(15)23/h3-4,6,8-10,12H,5,7,11,13-14H2,1-2H3. The largest absolute Gasteiger partial charge is 0.497 e. The van der Waals surface area contributed by atoms with Crippen LogP contribution in [0.4, 0.5) is 10.1 Å². The van der Waals surface area contributed by atoms with Crippen LogP contribution in [0.15, 0.2) is 42.5 Å². The smallest absolute Gasteiger partial charge is 0.241 e.